The van der Waals surface area contributed by atoms with E-state index in [0.717, 1.165) is 12.8 Å². The van der Waals surface area contributed by atoms with Crippen LogP contribution >= 0.6 is 0 Å². The van der Waals surface area contributed by atoms with E-state index in [0.29, 0.717) is 41.1 Å². The highest BCUT2D eigenvalue weighted by Crippen LogP contribution is 2.33. The maximum Gasteiger partial charge on any atom is 0.404 e. The van der Waals surface area contributed by atoms with Gasteiger partial charge in [-0.25, -0.2) is 4.79 Å². The molecule has 2 rings (SSSR count). The molecule has 1 heterocycles. The Balaban J connectivity index is 2.68. The fourth-order valence-electron chi connectivity index (χ4n) is 3.36. The third kappa shape index (κ3) is 7.23. The lowest BCUT2D eigenvalue weighted by Gasteiger charge is -2.25. The fourth-order valence-corrected chi connectivity index (χ4v) is 3.36. The summed E-state index contributed by atoms with van der Waals surface area (Å²) >= 11 is 0. The molecule has 0 fully saturated rings. The Morgan fingerprint density at radius 2 is 1.74 bits per heavy atom. The summed E-state index contributed by atoms with van der Waals surface area (Å²) in [7, 11) is 0. The molecule has 2 N–H and O–H groups in total. The van der Waals surface area contributed by atoms with E-state index in [9.17, 15) is 19.5 Å². The molecule has 0 aliphatic heterocycles. The van der Waals surface area contributed by atoms with Crippen molar-refractivity contribution >= 4 is 22.6 Å². The van der Waals surface area contributed by atoms with Gasteiger partial charge in [-0.15, -0.1) is 0 Å². The third-order valence-electron chi connectivity index (χ3n) is 5.29. The van der Waals surface area contributed by atoms with Gasteiger partial charge in [0, 0.05) is 17.3 Å². The number of ether oxygens (including phenoxy) is 2. The predicted octanol–water partition coefficient (Wildman–Crippen LogP) is 4.99. The van der Waals surface area contributed by atoms with Crippen LogP contribution in [0.2, 0.25) is 0 Å². The molecular formula is C26H38N2O6. The molecule has 188 valence electrons. The Morgan fingerprint density at radius 3 is 2.29 bits per heavy atom. The summed E-state index contributed by atoms with van der Waals surface area (Å²) in [6.45, 7) is 14.2. The van der Waals surface area contributed by atoms with Crippen LogP contribution in [-0.2, 0) is 17.9 Å². The van der Waals surface area contributed by atoms with Gasteiger partial charge in [-0.3, -0.25) is 9.59 Å². The Morgan fingerprint density at radius 1 is 1.06 bits per heavy atom. The van der Waals surface area contributed by atoms with E-state index in [4.69, 9.17) is 9.47 Å². The molecule has 0 saturated heterocycles. The maximum atomic E-state index is 13.5. The number of carbonyl (C=O) groups is 2. The first-order chi connectivity index (χ1) is 15.7. The lowest BCUT2D eigenvalue weighted by Crippen LogP contribution is -2.33. The van der Waals surface area contributed by atoms with Crippen LogP contribution in [0, 0.1) is 10.8 Å². The van der Waals surface area contributed by atoms with Crippen molar-refractivity contribution in [2.45, 2.75) is 74.4 Å². The van der Waals surface area contributed by atoms with E-state index >= 15 is 0 Å². The van der Waals surface area contributed by atoms with Crippen molar-refractivity contribution in [3.8, 4) is 11.5 Å². The highest BCUT2D eigenvalue weighted by Gasteiger charge is 2.24. The number of pyridine rings is 1. The normalized spacial score (nSPS) is 12.0. The third-order valence-corrected chi connectivity index (χ3v) is 5.29. The Labute approximate surface area is 201 Å². The number of hydrogen-bond acceptors (Lipinski definition) is 5. The minimum Gasteiger partial charge on any atom is -0.491 e. The average Bonchev–Trinajstić information content (AvgIpc) is 2.72. The molecule has 8 nitrogen and oxygen atoms in total. The standard InChI is InChI=1S/C26H38N2O6/c1-8-9-12-33-22-19-13-17(34-15-21(29)26(5,6)7)10-11-18(19)23(30)28(16-25(2,3)4)20(22)14-27-24(31)32/h10-11,13,27H,8-9,12,14-16H2,1-7H3,(H,31,32). The largest absolute Gasteiger partial charge is 0.491 e. The van der Waals surface area contributed by atoms with Gasteiger partial charge in [0.05, 0.1) is 24.2 Å². The zero-order valence-corrected chi connectivity index (χ0v) is 21.4. The van der Waals surface area contributed by atoms with Gasteiger partial charge in [-0.05, 0) is 30.0 Å². The number of hydrogen-bond donors (Lipinski definition) is 2. The molecule has 0 unspecified atom stereocenters. The SMILES string of the molecule is CCCCOc1c(CNC(=O)O)n(CC(C)(C)C)c(=O)c2ccc(OCC(=O)C(C)(C)C)cc12. The van der Waals surface area contributed by atoms with Gasteiger partial charge in [0.1, 0.15) is 18.1 Å². The van der Waals surface area contributed by atoms with Crippen molar-refractivity contribution in [2.24, 2.45) is 10.8 Å². The zero-order chi connectivity index (χ0) is 25.7. The monoisotopic (exact) mass is 474 g/mol. The van der Waals surface area contributed by atoms with E-state index in [1.807, 2.05) is 48.5 Å². The Hall–Kier alpha value is -3.03. The van der Waals surface area contributed by atoms with Gasteiger partial charge in [0.25, 0.3) is 5.56 Å². The lowest BCUT2D eigenvalue weighted by molar-refractivity contribution is -0.128. The number of rotatable bonds is 10. The number of nitrogens with one attached hydrogen (secondary N) is 1. The molecular weight excluding hydrogens is 436 g/mol. The topological polar surface area (TPSA) is 107 Å². The lowest BCUT2D eigenvalue weighted by atomic mass is 9.91. The summed E-state index contributed by atoms with van der Waals surface area (Å²) in [6.07, 6.45) is 0.542. The smallest absolute Gasteiger partial charge is 0.404 e. The van der Waals surface area contributed by atoms with E-state index < -0.39 is 11.5 Å². The minimum atomic E-state index is -1.19. The first kappa shape index (κ1) is 27.2. The Kier molecular flexibility index (Phi) is 8.75. The van der Waals surface area contributed by atoms with E-state index in [1.165, 1.54) is 0 Å². The molecule has 34 heavy (non-hydrogen) atoms. The first-order valence-corrected chi connectivity index (χ1v) is 11.7. The van der Waals surface area contributed by atoms with Crippen molar-refractivity contribution in [3.05, 3.63) is 34.2 Å². The van der Waals surface area contributed by atoms with Gasteiger partial charge in [0.2, 0.25) is 0 Å². The molecule has 1 aromatic carbocycles. The molecule has 1 aromatic heterocycles. The van der Waals surface area contributed by atoms with Crippen LogP contribution in [0.3, 0.4) is 0 Å². The first-order valence-electron chi connectivity index (χ1n) is 11.7. The van der Waals surface area contributed by atoms with Crippen LogP contribution in [0.1, 0.15) is 67.0 Å². The molecule has 0 saturated carbocycles. The Bertz CT molecular complexity index is 1090. The second-order valence-corrected chi connectivity index (χ2v) is 10.8. The average molecular weight is 475 g/mol. The van der Waals surface area contributed by atoms with Crippen molar-refractivity contribution < 1.29 is 24.2 Å². The number of fused-ring (bicyclic) bond motifs is 1. The molecule has 1 amide bonds. The number of carboxylic acid groups (broad SMARTS) is 1. The number of carbonyl (C=O) groups excluding carboxylic acids is 1. The van der Waals surface area contributed by atoms with Crippen molar-refractivity contribution in [1.29, 1.82) is 0 Å². The zero-order valence-electron chi connectivity index (χ0n) is 21.4. The summed E-state index contributed by atoms with van der Waals surface area (Å²) in [6, 6.07) is 5.04. The van der Waals surface area contributed by atoms with Crippen molar-refractivity contribution in [3.63, 3.8) is 0 Å². The van der Waals surface area contributed by atoms with Gasteiger partial charge >= 0.3 is 6.09 Å². The number of nitrogens with zero attached hydrogens (tertiary/aromatic N) is 1. The molecule has 0 aliphatic rings. The van der Waals surface area contributed by atoms with Crippen LogP contribution in [0.15, 0.2) is 23.0 Å². The number of benzene rings is 1. The number of unbranched alkanes of at least 4 members (excludes halogenated alkanes) is 1. The highest BCUT2D eigenvalue weighted by molar-refractivity contribution is 5.90. The van der Waals surface area contributed by atoms with Crippen LogP contribution in [-0.4, -0.2) is 34.8 Å². The van der Waals surface area contributed by atoms with E-state index in [-0.39, 0.29) is 29.9 Å². The molecule has 0 atom stereocenters. The second-order valence-electron chi connectivity index (χ2n) is 10.8. The number of amides is 1. The number of aromatic nitrogens is 1. The quantitative estimate of drug-likeness (QED) is 0.470. The summed E-state index contributed by atoms with van der Waals surface area (Å²) < 4.78 is 13.5. The van der Waals surface area contributed by atoms with Crippen LogP contribution in [0.5, 0.6) is 11.5 Å². The van der Waals surface area contributed by atoms with Crippen LogP contribution < -0.4 is 20.3 Å². The maximum absolute atomic E-state index is 13.5. The number of Topliss-reactive ketones (excluding diaryl/α,β-unsaturated/α-hetero) is 1. The molecule has 0 bridgehead atoms. The fraction of sp³-hybridized carbons (Fsp3) is 0.577. The van der Waals surface area contributed by atoms with Crippen molar-refractivity contribution in [2.75, 3.05) is 13.2 Å². The molecule has 2 aromatic rings. The summed E-state index contributed by atoms with van der Waals surface area (Å²) in [5.74, 6) is 0.850. The molecule has 0 aliphatic carbocycles. The van der Waals surface area contributed by atoms with Crippen LogP contribution in [0.25, 0.3) is 10.8 Å². The van der Waals surface area contributed by atoms with Gasteiger partial charge < -0.3 is 24.5 Å². The predicted molar refractivity (Wildman–Crippen MR) is 133 cm³/mol. The summed E-state index contributed by atoms with van der Waals surface area (Å²) in [5, 5.41) is 12.6. The molecule has 0 spiro atoms. The van der Waals surface area contributed by atoms with E-state index in [2.05, 4.69) is 5.32 Å². The van der Waals surface area contributed by atoms with Gasteiger partial charge in [0.15, 0.2) is 5.78 Å². The summed E-state index contributed by atoms with van der Waals surface area (Å²) in [5.41, 5.74) is -0.519. The molecule has 0 radical (unpaired) electrons. The van der Waals surface area contributed by atoms with Crippen LogP contribution in [0.4, 0.5) is 4.79 Å². The highest BCUT2D eigenvalue weighted by atomic mass is 16.5. The number of ketones is 1. The van der Waals surface area contributed by atoms with Gasteiger partial charge in [-0.2, -0.15) is 0 Å². The van der Waals surface area contributed by atoms with Gasteiger partial charge in [-0.1, -0.05) is 54.9 Å². The molecule has 8 heteroatoms. The second kappa shape index (κ2) is 10.9. The minimum absolute atomic E-state index is 0.0426. The van der Waals surface area contributed by atoms with E-state index in [1.54, 1.807) is 22.8 Å². The van der Waals surface area contributed by atoms with Crippen molar-refractivity contribution in [1.82, 2.24) is 9.88 Å². The summed E-state index contributed by atoms with van der Waals surface area (Å²) in [4.78, 5) is 37.1.